The minimum atomic E-state index is 0.460. The smallest absolute Gasteiger partial charge is 0.205 e. The minimum Gasteiger partial charge on any atom is -0.490 e. The van der Waals surface area contributed by atoms with Gasteiger partial charge in [0.15, 0.2) is 11.6 Å². The number of hydrogen-bond donors (Lipinski definition) is 3. The molecule has 0 aromatic carbocycles. The van der Waals surface area contributed by atoms with Crippen LogP contribution in [0.15, 0.2) is 6.33 Å². The average molecular weight is 241 g/mol. The lowest BCUT2D eigenvalue weighted by Gasteiger charge is -2.12. The maximum absolute atomic E-state index is 5.32. The highest BCUT2D eigenvalue weighted by molar-refractivity contribution is 5.62. The van der Waals surface area contributed by atoms with E-state index in [-0.39, 0.29) is 0 Å². The summed E-state index contributed by atoms with van der Waals surface area (Å²) >= 11 is 0. The molecule has 1 heterocycles. The maximum atomic E-state index is 5.32. The number of nitrogens with one attached hydrogen (secondary N) is 2. The molecule has 1 rings (SSSR count). The van der Waals surface area contributed by atoms with Gasteiger partial charge in [-0.05, 0) is 12.8 Å². The van der Waals surface area contributed by atoms with Crippen LogP contribution in [-0.2, 0) is 4.74 Å². The highest BCUT2D eigenvalue weighted by Crippen LogP contribution is 2.27. The second-order valence-corrected chi connectivity index (χ2v) is 3.38. The Morgan fingerprint density at radius 2 is 2.00 bits per heavy atom. The van der Waals surface area contributed by atoms with Crippen molar-refractivity contribution in [1.82, 2.24) is 9.97 Å². The lowest BCUT2D eigenvalue weighted by Crippen LogP contribution is -2.13. The molecule has 0 saturated heterocycles. The summed E-state index contributed by atoms with van der Waals surface area (Å²) in [4.78, 5) is 8.06. The number of nitrogens with two attached hydrogens (primary N) is 1. The number of ether oxygens (including phenoxy) is 2. The molecule has 0 radical (unpaired) electrons. The predicted octanol–water partition coefficient (Wildman–Crippen LogP) is 0.609. The van der Waals surface area contributed by atoms with Crippen LogP contribution in [0.2, 0.25) is 0 Å². The monoisotopic (exact) mass is 241 g/mol. The molecule has 1 aromatic rings. The van der Waals surface area contributed by atoms with Gasteiger partial charge in [0.25, 0.3) is 0 Å². The number of hydrogen-bond acceptors (Lipinski definition) is 7. The number of nitrogens with zero attached hydrogens (tertiary/aromatic N) is 2. The Kier molecular flexibility index (Phi) is 6.05. The molecular formula is C10H19N5O2. The van der Waals surface area contributed by atoms with Gasteiger partial charge >= 0.3 is 0 Å². The van der Waals surface area contributed by atoms with Gasteiger partial charge < -0.3 is 20.2 Å². The van der Waals surface area contributed by atoms with Gasteiger partial charge in [-0.3, -0.25) is 0 Å². The fraction of sp³-hybridized carbons (Fsp3) is 0.600. The predicted molar refractivity (Wildman–Crippen MR) is 66.0 cm³/mol. The Balaban J connectivity index is 2.52. The third-order valence-electron chi connectivity index (χ3n) is 2.21. The summed E-state index contributed by atoms with van der Waals surface area (Å²) in [6.07, 6.45) is 3.42. The van der Waals surface area contributed by atoms with Crippen LogP contribution in [0.5, 0.6) is 5.75 Å². The molecule has 1 aromatic heterocycles. The second kappa shape index (κ2) is 7.64. The molecule has 0 aliphatic rings. The summed E-state index contributed by atoms with van der Waals surface area (Å²) in [6.45, 7) is 1.55. The van der Waals surface area contributed by atoms with Gasteiger partial charge in [-0.2, -0.15) is 0 Å². The van der Waals surface area contributed by atoms with Crippen molar-refractivity contribution in [3.8, 4) is 5.75 Å². The van der Waals surface area contributed by atoms with E-state index in [2.05, 4.69) is 20.7 Å². The van der Waals surface area contributed by atoms with Crippen molar-refractivity contribution in [2.75, 3.05) is 38.1 Å². The van der Waals surface area contributed by atoms with Crippen molar-refractivity contribution in [1.29, 1.82) is 0 Å². The highest BCUT2D eigenvalue weighted by atomic mass is 16.5. The zero-order valence-electron chi connectivity index (χ0n) is 10.2. The molecule has 0 unspecified atom stereocenters. The molecule has 4 N–H and O–H groups in total. The van der Waals surface area contributed by atoms with Crippen LogP contribution in [0.3, 0.4) is 0 Å². The highest BCUT2D eigenvalue weighted by Gasteiger charge is 2.10. The zero-order chi connectivity index (χ0) is 12.5. The Labute approximate surface area is 101 Å². The quantitative estimate of drug-likeness (QED) is 0.348. The van der Waals surface area contributed by atoms with Crippen LogP contribution in [0.4, 0.5) is 11.6 Å². The zero-order valence-corrected chi connectivity index (χ0v) is 10.2. The molecule has 96 valence electrons. The summed E-state index contributed by atoms with van der Waals surface area (Å²) in [7, 11) is 3.25. The van der Waals surface area contributed by atoms with Gasteiger partial charge in [-0.15, -0.1) is 0 Å². The number of hydrazine groups is 1. The summed E-state index contributed by atoms with van der Waals surface area (Å²) in [5.41, 5.74) is 2.46. The molecule has 0 fully saturated rings. The normalized spacial score (nSPS) is 10.1. The molecule has 0 aliphatic carbocycles. The van der Waals surface area contributed by atoms with Gasteiger partial charge in [0.05, 0.1) is 7.11 Å². The van der Waals surface area contributed by atoms with E-state index in [4.69, 9.17) is 15.3 Å². The second-order valence-electron chi connectivity index (χ2n) is 3.38. The summed E-state index contributed by atoms with van der Waals surface area (Å²) < 4.78 is 10.2. The standard InChI is InChI=1S/C10H19N5O2/c1-16-6-4-3-5-12-9-8(17-2)10(15-11)14-7-13-9/h7H,3-6,11H2,1-2H3,(H2,12,13,14,15). The summed E-state index contributed by atoms with van der Waals surface area (Å²) in [5.74, 6) is 6.93. The first-order chi connectivity index (χ1) is 8.33. The number of unbranched alkanes of at least 4 members (excludes halogenated alkanes) is 1. The Bertz CT molecular complexity index is 334. The van der Waals surface area contributed by atoms with Gasteiger partial charge in [-0.1, -0.05) is 0 Å². The van der Waals surface area contributed by atoms with E-state index in [1.165, 1.54) is 6.33 Å². The molecule has 0 bridgehead atoms. The minimum absolute atomic E-state index is 0.460. The molecule has 0 amide bonds. The lowest BCUT2D eigenvalue weighted by molar-refractivity contribution is 0.193. The fourth-order valence-electron chi connectivity index (χ4n) is 1.37. The first kappa shape index (κ1) is 13.5. The van der Waals surface area contributed by atoms with Crippen LogP contribution in [0, 0.1) is 0 Å². The first-order valence-corrected chi connectivity index (χ1v) is 5.42. The van der Waals surface area contributed by atoms with Crippen LogP contribution < -0.4 is 21.3 Å². The Hall–Kier alpha value is -1.60. The van der Waals surface area contributed by atoms with Gasteiger partial charge in [0.2, 0.25) is 5.75 Å². The van der Waals surface area contributed by atoms with Crippen LogP contribution in [0.1, 0.15) is 12.8 Å². The third-order valence-corrected chi connectivity index (χ3v) is 2.21. The van der Waals surface area contributed by atoms with Crippen molar-refractivity contribution in [2.24, 2.45) is 5.84 Å². The fourth-order valence-corrected chi connectivity index (χ4v) is 1.37. The molecule has 0 atom stereocenters. The van der Waals surface area contributed by atoms with E-state index in [9.17, 15) is 0 Å². The van der Waals surface area contributed by atoms with E-state index in [1.807, 2.05) is 0 Å². The van der Waals surface area contributed by atoms with E-state index in [1.54, 1.807) is 14.2 Å². The summed E-state index contributed by atoms with van der Waals surface area (Å²) in [5, 5.41) is 3.17. The van der Waals surface area contributed by atoms with Gasteiger partial charge in [-0.25, -0.2) is 15.8 Å². The molecular weight excluding hydrogens is 222 g/mol. The van der Waals surface area contributed by atoms with Crippen LogP contribution in [0.25, 0.3) is 0 Å². The molecule has 17 heavy (non-hydrogen) atoms. The van der Waals surface area contributed by atoms with Crippen LogP contribution in [-0.4, -0.2) is 37.3 Å². The van der Waals surface area contributed by atoms with Crippen molar-refractivity contribution in [3.05, 3.63) is 6.33 Å². The molecule has 0 spiro atoms. The number of methoxy groups -OCH3 is 2. The van der Waals surface area contributed by atoms with Crippen molar-refractivity contribution in [2.45, 2.75) is 12.8 Å². The van der Waals surface area contributed by atoms with Gasteiger partial charge in [0.1, 0.15) is 6.33 Å². The third kappa shape index (κ3) is 4.04. The van der Waals surface area contributed by atoms with E-state index in [0.29, 0.717) is 17.4 Å². The maximum Gasteiger partial charge on any atom is 0.205 e. The van der Waals surface area contributed by atoms with Crippen molar-refractivity contribution in [3.63, 3.8) is 0 Å². The average Bonchev–Trinajstić information content (AvgIpc) is 2.38. The first-order valence-electron chi connectivity index (χ1n) is 5.42. The topological polar surface area (TPSA) is 94.3 Å². The van der Waals surface area contributed by atoms with E-state index < -0.39 is 0 Å². The molecule has 0 aliphatic heterocycles. The molecule has 0 saturated carbocycles. The van der Waals surface area contributed by atoms with Crippen molar-refractivity contribution < 1.29 is 9.47 Å². The molecule has 7 nitrogen and oxygen atoms in total. The van der Waals surface area contributed by atoms with E-state index >= 15 is 0 Å². The Morgan fingerprint density at radius 3 is 2.65 bits per heavy atom. The lowest BCUT2D eigenvalue weighted by atomic mass is 10.3. The molecule has 7 heteroatoms. The number of aromatic nitrogens is 2. The number of nitrogen functional groups attached to an aromatic ring is 1. The number of anilines is 2. The van der Waals surface area contributed by atoms with Crippen molar-refractivity contribution >= 4 is 11.6 Å². The van der Waals surface area contributed by atoms with Gasteiger partial charge in [0, 0.05) is 20.3 Å². The largest absolute Gasteiger partial charge is 0.490 e. The SMILES string of the molecule is COCCCCNc1ncnc(NN)c1OC. The number of rotatable bonds is 8. The van der Waals surface area contributed by atoms with E-state index in [0.717, 1.165) is 26.0 Å². The Morgan fingerprint density at radius 1 is 1.24 bits per heavy atom. The summed E-state index contributed by atoms with van der Waals surface area (Å²) in [6, 6.07) is 0. The van der Waals surface area contributed by atoms with Crippen LogP contribution >= 0.6 is 0 Å².